The lowest BCUT2D eigenvalue weighted by atomic mass is 10.1. The van der Waals surface area contributed by atoms with E-state index in [2.05, 4.69) is 20.3 Å². The van der Waals surface area contributed by atoms with Gasteiger partial charge in [0.15, 0.2) is 0 Å². The Balaban J connectivity index is 1.35. The summed E-state index contributed by atoms with van der Waals surface area (Å²) in [7, 11) is 0. The van der Waals surface area contributed by atoms with Crippen molar-refractivity contribution in [3.05, 3.63) is 79.1 Å². The number of halogens is 2. The molecule has 1 fully saturated rings. The van der Waals surface area contributed by atoms with E-state index in [-0.39, 0.29) is 35.8 Å². The number of amides is 2. The molecule has 4 heterocycles. The molecule has 5 rings (SSSR count). The molecule has 0 bridgehead atoms. The van der Waals surface area contributed by atoms with Gasteiger partial charge in [0.1, 0.15) is 29.9 Å². The lowest BCUT2D eigenvalue weighted by Crippen LogP contribution is -2.33. The zero-order valence-corrected chi connectivity index (χ0v) is 19.1. The summed E-state index contributed by atoms with van der Waals surface area (Å²) in [6.07, 6.45) is 6.75. The number of nitrogens with one attached hydrogen (secondary N) is 1. The van der Waals surface area contributed by atoms with Crippen molar-refractivity contribution in [2.24, 2.45) is 0 Å². The molecule has 0 radical (unpaired) electrons. The Hall–Kier alpha value is -4.67. The molecule has 0 spiro atoms. The van der Waals surface area contributed by atoms with E-state index in [1.54, 1.807) is 41.6 Å². The van der Waals surface area contributed by atoms with Gasteiger partial charge in [0.2, 0.25) is 5.91 Å². The highest BCUT2D eigenvalue weighted by atomic mass is 19.1. The van der Waals surface area contributed by atoms with Crippen LogP contribution < -0.4 is 10.2 Å². The van der Waals surface area contributed by atoms with Gasteiger partial charge in [0.05, 0.1) is 30.0 Å². The van der Waals surface area contributed by atoms with Crippen LogP contribution in [-0.4, -0.2) is 50.7 Å². The third-order valence-electron chi connectivity index (χ3n) is 5.63. The number of imidazole rings is 1. The highest BCUT2D eigenvalue weighted by molar-refractivity contribution is 5.90. The summed E-state index contributed by atoms with van der Waals surface area (Å²) >= 11 is 0. The fraction of sp³-hybridized carbons (Fsp3) is 0.160. The summed E-state index contributed by atoms with van der Waals surface area (Å²) < 4.78 is 36.9. The molecule has 0 aliphatic carbocycles. The van der Waals surface area contributed by atoms with E-state index in [4.69, 9.17) is 4.74 Å². The van der Waals surface area contributed by atoms with Crippen molar-refractivity contribution in [3.63, 3.8) is 0 Å². The van der Waals surface area contributed by atoms with Gasteiger partial charge in [-0.25, -0.2) is 23.5 Å². The van der Waals surface area contributed by atoms with Crippen LogP contribution in [-0.2, 0) is 9.53 Å². The van der Waals surface area contributed by atoms with E-state index in [9.17, 15) is 9.59 Å². The number of anilines is 1. The predicted molar refractivity (Wildman–Crippen MR) is 126 cm³/mol. The molecule has 1 N–H and O–H groups in total. The van der Waals surface area contributed by atoms with Crippen molar-refractivity contribution in [1.82, 2.24) is 24.8 Å². The Kier molecular flexibility index (Phi) is 6.11. The second kappa shape index (κ2) is 9.53. The van der Waals surface area contributed by atoms with Crippen molar-refractivity contribution in [1.29, 1.82) is 0 Å². The fourth-order valence-electron chi connectivity index (χ4n) is 3.89. The van der Waals surface area contributed by atoms with Crippen LogP contribution in [0, 0.1) is 11.6 Å². The molecule has 1 saturated heterocycles. The van der Waals surface area contributed by atoms with Crippen LogP contribution in [0.3, 0.4) is 0 Å². The first-order chi connectivity index (χ1) is 17.4. The zero-order chi connectivity index (χ0) is 25.2. The minimum Gasteiger partial charge on any atom is -0.442 e. The average Bonchev–Trinajstić information content (AvgIpc) is 3.50. The molecule has 3 aromatic heterocycles. The molecule has 36 heavy (non-hydrogen) atoms. The summed E-state index contributed by atoms with van der Waals surface area (Å²) in [6, 6.07) is 9.03. The lowest BCUT2D eigenvalue weighted by Gasteiger charge is -2.15. The van der Waals surface area contributed by atoms with Gasteiger partial charge >= 0.3 is 6.09 Å². The predicted octanol–water partition coefficient (Wildman–Crippen LogP) is 3.74. The number of rotatable bonds is 6. The second-order valence-electron chi connectivity index (χ2n) is 8.15. The van der Waals surface area contributed by atoms with E-state index in [0.29, 0.717) is 11.5 Å². The molecule has 0 unspecified atom stereocenters. The maximum atomic E-state index is 15.0. The first-order valence-electron chi connectivity index (χ1n) is 11.0. The first-order valence-corrected chi connectivity index (χ1v) is 11.0. The van der Waals surface area contributed by atoms with E-state index < -0.39 is 23.8 Å². The number of benzene rings is 1. The zero-order valence-electron chi connectivity index (χ0n) is 19.1. The summed E-state index contributed by atoms with van der Waals surface area (Å²) in [6.45, 7) is 1.51. The van der Waals surface area contributed by atoms with E-state index in [1.807, 2.05) is 12.1 Å². The number of aromatic nitrogens is 4. The van der Waals surface area contributed by atoms with Crippen LogP contribution in [0.2, 0.25) is 0 Å². The second-order valence-corrected chi connectivity index (χ2v) is 8.15. The third kappa shape index (κ3) is 4.63. The number of cyclic esters (lactones) is 1. The molecule has 1 aromatic carbocycles. The Morgan fingerprint density at radius 2 is 1.94 bits per heavy atom. The average molecular weight is 490 g/mol. The van der Waals surface area contributed by atoms with Gasteiger partial charge in [0, 0.05) is 42.8 Å². The number of hydrogen-bond acceptors (Lipinski definition) is 6. The van der Waals surface area contributed by atoms with Gasteiger partial charge in [-0.1, -0.05) is 0 Å². The van der Waals surface area contributed by atoms with E-state index in [1.165, 1.54) is 13.1 Å². The van der Waals surface area contributed by atoms with Gasteiger partial charge in [-0.05, 0) is 36.4 Å². The largest absolute Gasteiger partial charge is 0.442 e. The number of nitrogens with zero attached hydrogens (tertiary/aromatic N) is 5. The molecule has 4 aromatic rings. The smallest absolute Gasteiger partial charge is 0.414 e. The summed E-state index contributed by atoms with van der Waals surface area (Å²) in [5.41, 5.74) is 1.55. The van der Waals surface area contributed by atoms with Crippen LogP contribution in [0.25, 0.3) is 28.2 Å². The molecule has 1 aliphatic heterocycles. The minimum atomic E-state index is -0.848. The van der Waals surface area contributed by atoms with Crippen LogP contribution in [0.4, 0.5) is 19.3 Å². The first kappa shape index (κ1) is 23.1. The summed E-state index contributed by atoms with van der Waals surface area (Å²) in [5.74, 6) is -1.45. The number of carbonyl (C=O) groups is 2. The summed E-state index contributed by atoms with van der Waals surface area (Å²) in [4.78, 5) is 37.2. The standard InChI is InChI=1S/C25H20F2N6O3/c1-15(34)29-11-19-12-33(25(35)36-19)18-7-20(26)24(21(27)8-18)17-4-5-23(30-10-17)32-13-22(31-14-32)16-3-2-6-28-9-16/h2-10,13-14,19H,11-12H2,1H3,(H,29,34)/t19-/m0/s1. The normalized spacial score (nSPS) is 15.1. The Morgan fingerprint density at radius 3 is 2.61 bits per heavy atom. The Labute approximate surface area is 204 Å². The highest BCUT2D eigenvalue weighted by Crippen LogP contribution is 2.32. The lowest BCUT2D eigenvalue weighted by molar-refractivity contribution is -0.119. The molecule has 2 amide bonds. The van der Waals surface area contributed by atoms with Crippen molar-refractivity contribution < 1.29 is 23.1 Å². The SMILES string of the molecule is CC(=O)NC[C@H]1CN(c2cc(F)c(-c3ccc(-n4cnc(-c5cccnc5)c4)nc3)c(F)c2)C(=O)O1. The van der Waals surface area contributed by atoms with E-state index in [0.717, 1.165) is 22.6 Å². The molecule has 1 aliphatic rings. The molecule has 11 heteroatoms. The molecule has 0 saturated carbocycles. The number of carbonyl (C=O) groups excluding carboxylic acids is 2. The van der Waals surface area contributed by atoms with E-state index >= 15 is 8.78 Å². The van der Waals surface area contributed by atoms with Crippen LogP contribution in [0.5, 0.6) is 0 Å². The maximum absolute atomic E-state index is 15.0. The summed E-state index contributed by atoms with van der Waals surface area (Å²) in [5, 5.41) is 2.55. The van der Waals surface area contributed by atoms with Gasteiger partial charge in [-0.15, -0.1) is 0 Å². The van der Waals surface area contributed by atoms with Gasteiger partial charge < -0.3 is 10.1 Å². The van der Waals surface area contributed by atoms with Gasteiger partial charge in [-0.2, -0.15) is 0 Å². The molecule has 9 nitrogen and oxygen atoms in total. The van der Waals surface area contributed by atoms with Crippen molar-refractivity contribution in [2.45, 2.75) is 13.0 Å². The number of hydrogen-bond donors (Lipinski definition) is 1. The molecular formula is C25H20F2N6O3. The van der Waals surface area contributed by atoms with Gasteiger partial charge in [-0.3, -0.25) is 19.2 Å². The maximum Gasteiger partial charge on any atom is 0.414 e. The fourth-order valence-corrected chi connectivity index (χ4v) is 3.89. The van der Waals surface area contributed by atoms with Crippen molar-refractivity contribution >= 4 is 17.7 Å². The van der Waals surface area contributed by atoms with Crippen LogP contribution in [0.15, 0.2) is 67.5 Å². The minimum absolute atomic E-state index is 0.0231. The third-order valence-corrected chi connectivity index (χ3v) is 5.63. The monoisotopic (exact) mass is 490 g/mol. The topological polar surface area (TPSA) is 102 Å². The van der Waals surface area contributed by atoms with Gasteiger partial charge in [0.25, 0.3) is 0 Å². The molecule has 1 atom stereocenters. The Morgan fingerprint density at radius 1 is 1.14 bits per heavy atom. The quantitative estimate of drug-likeness (QED) is 0.442. The van der Waals surface area contributed by atoms with Crippen molar-refractivity contribution in [3.8, 4) is 28.2 Å². The number of ether oxygens (including phenoxy) is 1. The molecule has 182 valence electrons. The number of pyridine rings is 2. The Bertz CT molecular complexity index is 1400. The van der Waals surface area contributed by atoms with Crippen molar-refractivity contribution in [2.75, 3.05) is 18.0 Å². The molecular weight excluding hydrogens is 470 g/mol. The van der Waals surface area contributed by atoms with Crippen LogP contribution in [0.1, 0.15) is 6.92 Å². The highest BCUT2D eigenvalue weighted by Gasteiger charge is 2.33. The van der Waals surface area contributed by atoms with Crippen LogP contribution >= 0.6 is 0 Å².